The molecule has 0 saturated heterocycles. The van der Waals surface area contributed by atoms with Crippen LogP contribution in [0.2, 0.25) is 0 Å². The van der Waals surface area contributed by atoms with Gasteiger partial charge in [0.2, 0.25) is 23.0 Å². The first-order valence-electron chi connectivity index (χ1n) is 15.0. The van der Waals surface area contributed by atoms with Gasteiger partial charge in [-0.25, -0.2) is 4.98 Å². The molecule has 12 heteroatoms. The lowest BCUT2D eigenvalue weighted by atomic mass is 9.95. The number of ether oxygens (including phenoxy) is 3. The summed E-state index contributed by atoms with van der Waals surface area (Å²) < 4.78 is 17.1. The molecule has 1 heterocycles. The van der Waals surface area contributed by atoms with Crippen molar-refractivity contribution < 1.29 is 23.8 Å². The average molecular weight is 627 g/mol. The van der Waals surface area contributed by atoms with E-state index >= 15 is 0 Å². The highest BCUT2D eigenvalue weighted by molar-refractivity contribution is 5.97. The minimum Gasteiger partial charge on any atom is -0.493 e. The number of rotatable bonds is 10. The van der Waals surface area contributed by atoms with Gasteiger partial charge in [-0.3, -0.25) is 19.5 Å². The SMILES string of the molecule is COc1cc2c(c(OC)c1OC)-c1ccc(N[C@@H](C(=O)Nc3cccc(-c4ncn[nH]4)c3)C(C)C)c(=O)cc1[C@H](NC(C)=O)CC2. The minimum atomic E-state index is -0.749. The van der Waals surface area contributed by atoms with Gasteiger partial charge in [0.15, 0.2) is 17.3 Å². The molecule has 3 aromatic carbocycles. The molecule has 0 fully saturated rings. The lowest BCUT2D eigenvalue weighted by Gasteiger charge is -2.22. The van der Waals surface area contributed by atoms with Gasteiger partial charge in [0.05, 0.1) is 33.1 Å². The second kappa shape index (κ2) is 13.7. The van der Waals surface area contributed by atoms with E-state index in [4.69, 9.17) is 14.2 Å². The molecule has 0 spiro atoms. The largest absolute Gasteiger partial charge is 0.493 e. The molecule has 12 nitrogen and oxygen atoms in total. The fraction of sp³-hybridized carbons (Fsp3) is 0.324. The Kier molecular flexibility index (Phi) is 9.55. The number of hydrogen-bond donors (Lipinski definition) is 4. The zero-order chi connectivity index (χ0) is 33.0. The number of anilines is 2. The molecule has 0 radical (unpaired) electrons. The number of benzene rings is 2. The Morgan fingerprint density at radius 1 is 1.00 bits per heavy atom. The van der Waals surface area contributed by atoms with Crippen molar-refractivity contribution in [2.45, 2.75) is 45.7 Å². The maximum atomic E-state index is 13.8. The molecule has 240 valence electrons. The van der Waals surface area contributed by atoms with Crippen LogP contribution in [0.4, 0.5) is 11.4 Å². The van der Waals surface area contributed by atoms with E-state index < -0.39 is 12.1 Å². The third-order valence-corrected chi connectivity index (χ3v) is 7.99. The number of amides is 2. The van der Waals surface area contributed by atoms with E-state index in [0.717, 1.165) is 16.7 Å². The monoisotopic (exact) mass is 626 g/mol. The fourth-order valence-electron chi connectivity index (χ4n) is 5.84. The first-order valence-corrected chi connectivity index (χ1v) is 15.0. The van der Waals surface area contributed by atoms with Crippen LogP contribution in [0.1, 0.15) is 44.4 Å². The third kappa shape index (κ3) is 6.51. The molecule has 0 aliphatic heterocycles. The summed E-state index contributed by atoms with van der Waals surface area (Å²) in [5.74, 6) is 1.27. The van der Waals surface area contributed by atoms with Gasteiger partial charge in [0.1, 0.15) is 12.4 Å². The molecule has 0 unspecified atom stereocenters. The summed E-state index contributed by atoms with van der Waals surface area (Å²) in [6.07, 6.45) is 2.54. The number of carbonyl (C=O) groups excluding carboxylic acids is 2. The maximum absolute atomic E-state index is 13.8. The first-order chi connectivity index (χ1) is 22.1. The number of fused-ring (bicyclic) bond motifs is 3. The number of aromatic amines is 1. The van der Waals surface area contributed by atoms with Crippen LogP contribution >= 0.6 is 0 Å². The molecule has 2 atom stereocenters. The number of nitrogens with zero attached hydrogens (tertiary/aromatic N) is 2. The summed E-state index contributed by atoms with van der Waals surface area (Å²) in [4.78, 5) is 43.9. The van der Waals surface area contributed by atoms with Gasteiger partial charge < -0.3 is 30.2 Å². The summed E-state index contributed by atoms with van der Waals surface area (Å²) in [5.41, 5.74) is 4.24. The van der Waals surface area contributed by atoms with Crippen molar-refractivity contribution in [1.82, 2.24) is 20.5 Å². The van der Waals surface area contributed by atoms with Crippen molar-refractivity contribution in [3.63, 3.8) is 0 Å². The first kappa shape index (κ1) is 32.0. The van der Waals surface area contributed by atoms with Gasteiger partial charge in [-0.05, 0) is 65.8 Å². The summed E-state index contributed by atoms with van der Waals surface area (Å²) in [5, 5.41) is 15.9. The molecule has 0 saturated carbocycles. The van der Waals surface area contributed by atoms with Crippen LogP contribution in [0.25, 0.3) is 22.5 Å². The van der Waals surface area contributed by atoms with E-state index in [0.29, 0.717) is 52.7 Å². The molecule has 46 heavy (non-hydrogen) atoms. The zero-order valence-electron chi connectivity index (χ0n) is 26.7. The molecule has 4 aromatic rings. The lowest BCUT2D eigenvalue weighted by Crippen LogP contribution is -2.39. The van der Waals surface area contributed by atoms with Gasteiger partial charge >= 0.3 is 0 Å². The highest BCUT2D eigenvalue weighted by Gasteiger charge is 2.30. The minimum absolute atomic E-state index is 0.176. The normalized spacial score (nSPS) is 14.3. The Bertz CT molecular complexity index is 1810. The van der Waals surface area contributed by atoms with Gasteiger partial charge in [0, 0.05) is 23.7 Å². The second-order valence-electron chi connectivity index (χ2n) is 11.4. The molecule has 4 N–H and O–H groups in total. The lowest BCUT2D eigenvalue weighted by molar-refractivity contribution is -0.120. The van der Waals surface area contributed by atoms with Gasteiger partial charge in [-0.2, -0.15) is 5.10 Å². The standard InChI is InChI=1S/C34H38N6O6/c1-18(2)30(34(43)38-22-9-7-8-21(14-22)33-35-17-36-40-33)39-26-13-11-23-24(16-27(26)42)25(37-19(3)41)12-10-20-15-28(44-4)31(45-5)32(46-6)29(20)23/h7-9,11,13-18,25,30H,10,12H2,1-6H3,(H,37,41)(H,38,43)(H,39,42)(H,35,36,40)/t25-,30-/m1/s1. The Balaban J connectivity index is 1.56. The number of hydrogen-bond acceptors (Lipinski definition) is 9. The summed E-state index contributed by atoms with van der Waals surface area (Å²) in [6, 6.07) is 13.0. The fourth-order valence-corrected chi connectivity index (χ4v) is 5.84. The highest BCUT2D eigenvalue weighted by atomic mass is 16.5. The van der Waals surface area contributed by atoms with Crippen LogP contribution in [0.3, 0.4) is 0 Å². The van der Waals surface area contributed by atoms with Gasteiger partial charge in [0.25, 0.3) is 0 Å². The van der Waals surface area contributed by atoms with E-state index in [9.17, 15) is 14.4 Å². The molecule has 1 aliphatic rings. The number of nitrogens with one attached hydrogen (secondary N) is 4. The zero-order valence-corrected chi connectivity index (χ0v) is 26.7. The third-order valence-electron chi connectivity index (χ3n) is 7.99. The van der Waals surface area contributed by atoms with Crippen molar-refractivity contribution in [3.05, 3.63) is 76.2 Å². The van der Waals surface area contributed by atoms with Crippen molar-refractivity contribution in [1.29, 1.82) is 0 Å². The van der Waals surface area contributed by atoms with Crippen LogP contribution in [-0.4, -0.2) is 54.4 Å². The Labute approximate surface area is 266 Å². The van der Waals surface area contributed by atoms with Crippen LogP contribution in [0.15, 0.2) is 59.7 Å². The van der Waals surface area contributed by atoms with E-state index in [1.807, 2.05) is 38.1 Å². The summed E-state index contributed by atoms with van der Waals surface area (Å²) >= 11 is 0. The Morgan fingerprint density at radius 3 is 2.43 bits per heavy atom. The van der Waals surface area contributed by atoms with Gasteiger partial charge in [-0.15, -0.1) is 0 Å². The molecular weight excluding hydrogens is 588 g/mol. The van der Waals surface area contributed by atoms with E-state index in [1.54, 1.807) is 32.4 Å². The number of aryl methyl sites for hydroxylation is 1. The van der Waals surface area contributed by atoms with Crippen LogP contribution in [-0.2, 0) is 16.0 Å². The van der Waals surface area contributed by atoms with Crippen molar-refractivity contribution in [3.8, 4) is 39.8 Å². The molecular formula is C34H38N6O6. The number of H-pyrrole nitrogens is 1. The molecule has 1 aliphatic carbocycles. The van der Waals surface area contributed by atoms with Crippen molar-refractivity contribution in [2.75, 3.05) is 32.0 Å². The maximum Gasteiger partial charge on any atom is 0.247 e. The predicted octanol–water partition coefficient (Wildman–Crippen LogP) is 4.72. The van der Waals surface area contributed by atoms with Crippen LogP contribution in [0.5, 0.6) is 17.2 Å². The van der Waals surface area contributed by atoms with E-state index in [-0.39, 0.29) is 28.8 Å². The molecule has 2 amide bonds. The van der Waals surface area contributed by atoms with E-state index in [2.05, 4.69) is 31.1 Å². The topological polar surface area (TPSA) is 157 Å². The number of methoxy groups -OCH3 is 3. The predicted molar refractivity (Wildman–Crippen MR) is 175 cm³/mol. The second-order valence-corrected chi connectivity index (χ2v) is 11.4. The Morgan fingerprint density at radius 2 is 1.78 bits per heavy atom. The smallest absolute Gasteiger partial charge is 0.247 e. The van der Waals surface area contributed by atoms with Crippen LogP contribution in [0, 0.1) is 5.92 Å². The molecule has 5 rings (SSSR count). The summed E-state index contributed by atoms with van der Waals surface area (Å²) in [7, 11) is 4.65. The molecule has 0 bridgehead atoms. The number of carbonyl (C=O) groups is 2. The Hall–Kier alpha value is -5.39. The average Bonchev–Trinajstić information content (AvgIpc) is 3.48. The number of aromatic nitrogens is 3. The van der Waals surface area contributed by atoms with Crippen LogP contribution < -0.4 is 35.6 Å². The van der Waals surface area contributed by atoms with Crippen molar-refractivity contribution in [2.24, 2.45) is 5.92 Å². The quantitative estimate of drug-likeness (QED) is 0.196. The highest BCUT2D eigenvalue weighted by Crippen LogP contribution is 2.50. The van der Waals surface area contributed by atoms with Crippen molar-refractivity contribution >= 4 is 23.2 Å². The van der Waals surface area contributed by atoms with E-state index in [1.165, 1.54) is 26.4 Å². The van der Waals surface area contributed by atoms with Gasteiger partial charge in [-0.1, -0.05) is 32.0 Å². The molecule has 1 aromatic heterocycles. The summed E-state index contributed by atoms with van der Waals surface area (Å²) in [6.45, 7) is 5.25.